The van der Waals surface area contributed by atoms with Crippen molar-refractivity contribution >= 4 is 5.91 Å². The molecule has 24 heavy (non-hydrogen) atoms. The molecule has 1 N–H and O–H groups in total. The molecule has 3 rings (SSSR count). The van der Waals surface area contributed by atoms with Crippen molar-refractivity contribution in [2.75, 3.05) is 6.54 Å². The Morgan fingerprint density at radius 3 is 2.46 bits per heavy atom. The Morgan fingerprint density at radius 2 is 1.83 bits per heavy atom. The Labute approximate surface area is 142 Å². The molecule has 1 saturated carbocycles. The van der Waals surface area contributed by atoms with Crippen LogP contribution < -0.4 is 5.32 Å². The normalized spacial score (nSPS) is 14.9. The molecule has 3 heteroatoms. The first-order valence-corrected chi connectivity index (χ1v) is 8.21. The second-order valence-corrected chi connectivity index (χ2v) is 6.65. The molecular formula is C21H20FNO. The molecule has 0 spiro atoms. The summed E-state index contributed by atoms with van der Waals surface area (Å²) < 4.78 is 13.5. The van der Waals surface area contributed by atoms with Gasteiger partial charge in [-0.1, -0.05) is 37.3 Å². The van der Waals surface area contributed by atoms with Crippen molar-refractivity contribution in [1.29, 1.82) is 0 Å². The van der Waals surface area contributed by atoms with E-state index >= 15 is 0 Å². The highest BCUT2D eigenvalue weighted by molar-refractivity contribution is 5.94. The van der Waals surface area contributed by atoms with Crippen molar-refractivity contribution in [1.82, 2.24) is 5.32 Å². The van der Waals surface area contributed by atoms with Crippen LogP contribution >= 0.6 is 0 Å². The molecule has 0 saturated heterocycles. The van der Waals surface area contributed by atoms with E-state index in [4.69, 9.17) is 0 Å². The summed E-state index contributed by atoms with van der Waals surface area (Å²) in [4.78, 5) is 12.2. The molecule has 1 amide bonds. The third-order valence-electron chi connectivity index (χ3n) is 4.60. The molecule has 2 nitrogen and oxygen atoms in total. The van der Waals surface area contributed by atoms with Crippen molar-refractivity contribution in [3.05, 3.63) is 71.0 Å². The molecule has 1 aliphatic rings. The number of carbonyl (C=O) groups excluding carboxylic acids is 1. The number of benzene rings is 2. The zero-order valence-electron chi connectivity index (χ0n) is 13.7. The van der Waals surface area contributed by atoms with Crippen molar-refractivity contribution in [2.45, 2.75) is 26.2 Å². The smallest absolute Gasteiger partial charge is 0.251 e. The van der Waals surface area contributed by atoms with Crippen molar-refractivity contribution in [3.63, 3.8) is 0 Å². The van der Waals surface area contributed by atoms with E-state index < -0.39 is 0 Å². The number of nitrogens with one attached hydrogen (secondary N) is 1. The molecule has 0 unspecified atom stereocenters. The zero-order valence-corrected chi connectivity index (χ0v) is 13.7. The summed E-state index contributed by atoms with van der Waals surface area (Å²) >= 11 is 0. The van der Waals surface area contributed by atoms with Crippen LogP contribution in [0.5, 0.6) is 0 Å². The second kappa shape index (κ2) is 6.88. The van der Waals surface area contributed by atoms with E-state index in [0.29, 0.717) is 11.1 Å². The fraction of sp³-hybridized carbons (Fsp3) is 0.286. The number of rotatable bonds is 3. The average Bonchev–Trinajstić information content (AvgIpc) is 2.58. The summed E-state index contributed by atoms with van der Waals surface area (Å²) in [5, 5.41) is 3.00. The molecule has 1 fully saturated rings. The van der Waals surface area contributed by atoms with E-state index in [9.17, 15) is 9.18 Å². The molecule has 0 radical (unpaired) electrons. The minimum Gasteiger partial charge on any atom is -0.351 e. The number of hydrogen-bond acceptors (Lipinski definition) is 1. The lowest BCUT2D eigenvalue weighted by Crippen LogP contribution is -2.39. The number of amides is 1. The van der Waals surface area contributed by atoms with E-state index in [1.165, 1.54) is 25.3 Å². The van der Waals surface area contributed by atoms with Crippen molar-refractivity contribution in [2.24, 2.45) is 5.41 Å². The molecule has 0 heterocycles. The largest absolute Gasteiger partial charge is 0.351 e. The predicted molar refractivity (Wildman–Crippen MR) is 93.1 cm³/mol. The molecular weight excluding hydrogens is 301 g/mol. The van der Waals surface area contributed by atoms with Gasteiger partial charge in [0.05, 0.1) is 5.56 Å². The van der Waals surface area contributed by atoms with Crippen molar-refractivity contribution in [3.8, 4) is 11.8 Å². The number of carbonyl (C=O) groups is 1. The maximum atomic E-state index is 13.5. The minimum absolute atomic E-state index is 0.0586. The summed E-state index contributed by atoms with van der Waals surface area (Å²) in [7, 11) is 0. The molecule has 1 aliphatic carbocycles. The highest BCUT2D eigenvalue weighted by atomic mass is 19.1. The first-order valence-electron chi connectivity index (χ1n) is 8.21. The van der Waals surface area contributed by atoms with Gasteiger partial charge < -0.3 is 5.32 Å². The van der Waals surface area contributed by atoms with Crippen LogP contribution in [-0.2, 0) is 0 Å². The molecule has 0 aromatic heterocycles. The average molecular weight is 321 g/mol. The molecule has 0 atom stereocenters. The Balaban J connectivity index is 1.63. The van der Waals surface area contributed by atoms with Crippen LogP contribution in [0.1, 0.15) is 47.7 Å². The van der Waals surface area contributed by atoms with E-state index in [1.807, 2.05) is 0 Å². The standard InChI is InChI=1S/C21H20FNO/c1-21(13-4-14-21)15-23-20(24)18-11-8-16(9-12-18)7-10-17-5-2-3-6-19(17)22/h2-3,5-6,8-9,11-12H,4,13-15H2,1H3,(H,23,24). The van der Waals surface area contributed by atoms with E-state index in [2.05, 4.69) is 24.1 Å². The SMILES string of the molecule is CC1(CNC(=O)c2ccc(C#Cc3ccccc3F)cc2)CCC1. The first-order chi connectivity index (χ1) is 11.6. The highest BCUT2D eigenvalue weighted by Gasteiger charge is 2.31. The van der Waals surface area contributed by atoms with Gasteiger partial charge in [-0.2, -0.15) is 0 Å². The Morgan fingerprint density at radius 1 is 1.12 bits per heavy atom. The summed E-state index contributed by atoms with van der Waals surface area (Å²) in [5.41, 5.74) is 2.00. The van der Waals surface area contributed by atoms with E-state index in [0.717, 1.165) is 12.1 Å². The van der Waals surface area contributed by atoms with Gasteiger partial charge in [0.15, 0.2) is 0 Å². The van der Waals surface area contributed by atoms with E-state index in [-0.39, 0.29) is 17.1 Å². The van der Waals surface area contributed by atoms with Crippen molar-refractivity contribution < 1.29 is 9.18 Å². The lowest BCUT2D eigenvalue weighted by atomic mass is 9.70. The van der Waals surface area contributed by atoms with Gasteiger partial charge in [-0.25, -0.2) is 4.39 Å². The zero-order chi connectivity index (χ0) is 17.0. The van der Waals surface area contributed by atoms with Gasteiger partial charge in [0.2, 0.25) is 0 Å². The van der Waals surface area contributed by atoms with E-state index in [1.54, 1.807) is 42.5 Å². The van der Waals surface area contributed by atoms with Gasteiger partial charge in [-0.05, 0) is 54.7 Å². The van der Waals surface area contributed by atoms with Crippen LogP contribution in [0.25, 0.3) is 0 Å². The second-order valence-electron chi connectivity index (χ2n) is 6.65. The van der Waals surface area contributed by atoms with Gasteiger partial charge >= 0.3 is 0 Å². The van der Waals surface area contributed by atoms with Crippen LogP contribution in [0.2, 0.25) is 0 Å². The summed E-state index contributed by atoms with van der Waals surface area (Å²) in [6.07, 6.45) is 3.61. The predicted octanol–water partition coefficient (Wildman–Crippen LogP) is 4.15. The monoisotopic (exact) mass is 321 g/mol. The first kappa shape index (κ1) is 16.3. The number of halogens is 1. The molecule has 2 aromatic rings. The third kappa shape index (κ3) is 3.83. The Hall–Kier alpha value is -2.60. The van der Waals surface area contributed by atoms with Crippen LogP contribution in [0.4, 0.5) is 4.39 Å². The number of hydrogen-bond donors (Lipinski definition) is 1. The Kier molecular flexibility index (Phi) is 4.66. The van der Waals surface area contributed by atoms with Gasteiger partial charge in [0.1, 0.15) is 5.82 Å². The lowest BCUT2D eigenvalue weighted by Gasteiger charge is -2.38. The Bertz CT molecular complexity index is 795. The molecule has 0 aliphatic heterocycles. The van der Waals surface area contributed by atoms with Crippen LogP contribution in [-0.4, -0.2) is 12.5 Å². The summed E-state index contributed by atoms with van der Waals surface area (Å²) in [6, 6.07) is 13.5. The van der Waals surface area contributed by atoms with Gasteiger partial charge in [0.25, 0.3) is 5.91 Å². The quantitative estimate of drug-likeness (QED) is 0.846. The maximum Gasteiger partial charge on any atom is 0.251 e. The fourth-order valence-corrected chi connectivity index (χ4v) is 2.76. The van der Waals surface area contributed by atoms with Crippen LogP contribution in [0.15, 0.2) is 48.5 Å². The fourth-order valence-electron chi connectivity index (χ4n) is 2.76. The van der Waals surface area contributed by atoms with Gasteiger partial charge in [-0.15, -0.1) is 0 Å². The lowest BCUT2D eigenvalue weighted by molar-refractivity contribution is 0.0891. The summed E-state index contributed by atoms with van der Waals surface area (Å²) in [6.45, 7) is 2.93. The molecule has 0 bridgehead atoms. The topological polar surface area (TPSA) is 29.1 Å². The van der Waals surface area contributed by atoms with Crippen LogP contribution in [0, 0.1) is 23.1 Å². The van der Waals surface area contributed by atoms with Gasteiger partial charge in [-0.3, -0.25) is 4.79 Å². The van der Waals surface area contributed by atoms with Crippen LogP contribution in [0.3, 0.4) is 0 Å². The third-order valence-corrected chi connectivity index (χ3v) is 4.60. The molecule has 2 aromatic carbocycles. The summed E-state index contributed by atoms with van der Waals surface area (Å²) in [5.74, 6) is 5.35. The minimum atomic E-state index is -0.328. The highest BCUT2D eigenvalue weighted by Crippen LogP contribution is 2.39. The van der Waals surface area contributed by atoms with Gasteiger partial charge in [0, 0.05) is 17.7 Å². The molecule has 122 valence electrons. The maximum absolute atomic E-state index is 13.5.